The average molecular weight is 284 g/mol. The zero-order valence-electron chi connectivity index (χ0n) is 10.6. The Hall–Kier alpha value is -2.29. The lowest BCUT2D eigenvalue weighted by molar-refractivity contribution is 0.518. The van der Waals surface area contributed by atoms with E-state index in [9.17, 15) is 4.79 Å². The Morgan fingerprint density at radius 3 is 3.05 bits per heavy atom. The molecular weight excluding hydrogens is 272 g/mol. The Morgan fingerprint density at radius 2 is 2.20 bits per heavy atom. The molecule has 0 aliphatic rings. The van der Waals surface area contributed by atoms with Crippen LogP contribution < -0.4 is 11.5 Å². The quantitative estimate of drug-likeness (QED) is 0.732. The van der Waals surface area contributed by atoms with Gasteiger partial charge in [-0.25, -0.2) is 4.79 Å². The summed E-state index contributed by atoms with van der Waals surface area (Å²) < 4.78 is 6.84. The first kappa shape index (κ1) is 12.7. The minimum Gasteiger partial charge on any atom is -0.408 e. The molecule has 5 heteroatoms. The molecule has 3 rings (SSSR count). The summed E-state index contributed by atoms with van der Waals surface area (Å²) in [6.07, 6.45) is 0. The molecule has 0 radical (unpaired) electrons. The number of thiophene rings is 1. The van der Waals surface area contributed by atoms with Crippen molar-refractivity contribution in [2.24, 2.45) is 5.73 Å². The minimum atomic E-state index is -0.339. The van der Waals surface area contributed by atoms with E-state index >= 15 is 0 Å². The van der Waals surface area contributed by atoms with Crippen molar-refractivity contribution < 1.29 is 4.42 Å². The first-order valence-electron chi connectivity index (χ1n) is 6.12. The zero-order valence-corrected chi connectivity index (χ0v) is 11.4. The number of fused-ring (bicyclic) bond motifs is 1. The van der Waals surface area contributed by atoms with Crippen LogP contribution in [0.2, 0.25) is 0 Å². The summed E-state index contributed by atoms with van der Waals surface area (Å²) in [7, 11) is 0. The second kappa shape index (κ2) is 5.37. The summed E-state index contributed by atoms with van der Waals surface area (Å²) in [5, 5.41) is 1.96. The van der Waals surface area contributed by atoms with Crippen molar-refractivity contribution >= 4 is 22.4 Å². The van der Waals surface area contributed by atoms with Gasteiger partial charge in [0.1, 0.15) is 0 Å². The van der Waals surface area contributed by atoms with Gasteiger partial charge in [-0.2, -0.15) is 0 Å². The fourth-order valence-electron chi connectivity index (χ4n) is 2.00. The van der Waals surface area contributed by atoms with Crippen molar-refractivity contribution in [3.05, 3.63) is 56.7 Å². The summed E-state index contributed by atoms with van der Waals surface area (Å²) in [5.41, 5.74) is 7.69. The maximum Gasteiger partial charge on any atom is 0.420 e. The summed E-state index contributed by atoms with van der Waals surface area (Å²) in [6, 6.07) is 9.38. The largest absolute Gasteiger partial charge is 0.420 e. The number of benzene rings is 1. The molecule has 0 atom stereocenters. The summed E-state index contributed by atoms with van der Waals surface area (Å²) in [6.45, 7) is 0.835. The van der Waals surface area contributed by atoms with E-state index in [1.807, 2.05) is 29.6 Å². The van der Waals surface area contributed by atoms with Gasteiger partial charge in [-0.05, 0) is 18.2 Å². The third-order valence-electron chi connectivity index (χ3n) is 2.88. The van der Waals surface area contributed by atoms with Crippen molar-refractivity contribution in [3.8, 4) is 11.8 Å². The lowest BCUT2D eigenvalue weighted by Crippen LogP contribution is -2.14. The number of para-hydroxylation sites is 2. The van der Waals surface area contributed by atoms with E-state index in [2.05, 4.69) is 11.8 Å². The standard InChI is InChI=1S/C15H12N2O2S/c16-7-3-4-11-8-12(20-10-11)9-17-13-5-1-2-6-14(13)19-15(17)18/h1-2,5-6,8,10H,7,9,16H2. The van der Waals surface area contributed by atoms with Crippen LogP contribution in [0.5, 0.6) is 0 Å². The molecule has 0 fully saturated rings. The van der Waals surface area contributed by atoms with Crippen LogP contribution in [0.15, 0.2) is 44.9 Å². The number of rotatable bonds is 2. The van der Waals surface area contributed by atoms with Gasteiger partial charge in [0.05, 0.1) is 18.6 Å². The van der Waals surface area contributed by atoms with Crippen LogP contribution in [0.25, 0.3) is 11.1 Å². The van der Waals surface area contributed by atoms with Gasteiger partial charge in [0.2, 0.25) is 0 Å². The van der Waals surface area contributed by atoms with Crippen LogP contribution in [0.4, 0.5) is 0 Å². The molecule has 0 unspecified atom stereocenters. The molecule has 0 aliphatic carbocycles. The molecule has 0 aliphatic heterocycles. The highest BCUT2D eigenvalue weighted by Crippen LogP contribution is 2.18. The maximum absolute atomic E-state index is 11.9. The second-order valence-electron chi connectivity index (χ2n) is 4.23. The van der Waals surface area contributed by atoms with E-state index in [0.29, 0.717) is 18.7 Å². The summed E-state index contributed by atoms with van der Waals surface area (Å²) >= 11 is 1.57. The number of oxazole rings is 1. The predicted octanol–water partition coefficient (Wildman–Crippen LogP) is 2.01. The topological polar surface area (TPSA) is 61.2 Å². The van der Waals surface area contributed by atoms with E-state index < -0.39 is 0 Å². The fourth-order valence-corrected chi connectivity index (χ4v) is 2.81. The van der Waals surface area contributed by atoms with Crippen LogP contribution in [0.1, 0.15) is 10.4 Å². The highest BCUT2D eigenvalue weighted by atomic mass is 32.1. The van der Waals surface area contributed by atoms with E-state index in [4.69, 9.17) is 10.2 Å². The van der Waals surface area contributed by atoms with E-state index in [1.165, 1.54) is 0 Å². The van der Waals surface area contributed by atoms with Crippen LogP contribution in [0.3, 0.4) is 0 Å². The Bertz CT molecular complexity index is 861. The molecular formula is C15H12N2O2S. The molecule has 0 saturated carbocycles. The number of hydrogen-bond acceptors (Lipinski definition) is 4. The molecule has 20 heavy (non-hydrogen) atoms. The minimum absolute atomic E-state index is 0.339. The van der Waals surface area contributed by atoms with Gasteiger partial charge in [-0.15, -0.1) is 11.3 Å². The predicted molar refractivity (Wildman–Crippen MR) is 79.8 cm³/mol. The van der Waals surface area contributed by atoms with Gasteiger partial charge >= 0.3 is 5.76 Å². The number of hydrogen-bond donors (Lipinski definition) is 1. The van der Waals surface area contributed by atoms with Gasteiger partial charge in [-0.1, -0.05) is 24.0 Å². The normalized spacial score (nSPS) is 10.4. The molecule has 2 heterocycles. The Labute approximate surface area is 119 Å². The number of nitrogens with zero attached hydrogens (tertiary/aromatic N) is 1. The van der Waals surface area contributed by atoms with Gasteiger partial charge < -0.3 is 10.2 Å². The lowest BCUT2D eigenvalue weighted by Gasteiger charge is -1.98. The molecule has 3 aromatic rings. The van der Waals surface area contributed by atoms with Crippen LogP contribution in [-0.2, 0) is 6.54 Å². The molecule has 2 aromatic heterocycles. The third-order valence-corrected chi connectivity index (χ3v) is 3.80. The van der Waals surface area contributed by atoms with Gasteiger partial charge in [-0.3, -0.25) is 4.57 Å². The van der Waals surface area contributed by atoms with Crippen molar-refractivity contribution in [3.63, 3.8) is 0 Å². The first-order valence-corrected chi connectivity index (χ1v) is 7.00. The molecule has 1 aromatic carbocycles. The molecule has 0 amide bonds. The summed E-state index contributed by atoms with van der Waals surface area (Å²) in [5.74, 6) is 5.46. The Morgan fingerprint density at radius 1 is 1.35 bits per heavy atom. The smallest absolute Gasteiger partial charge is 0.408 e. The van der Waals surface area contributed by atoms with E-state index in [-0.39, 0.29) is 5.76 Å². The van der Waals surface area contributed by atoms with Crippen LogP contribution in [-0.4, -0.2) is 11.1 Å². The van der Waals surface area contributed by atoms with Gasteiger partial charge in [0, 0.05) is 15.8 Å². The van der Waals surface area contributed by atoms with Crippen molar-refractivity contribution in [1.82, 2.24) is 4.57 Å². The Balaban J connectivity index is 1.95. The highest BCUT2D eigenvalue weighted by molar-refractivity contribution is 7.10. The third kappa shape index (κ3) is 2.39. The lowest BCUT2D eigenvalue weighted by atomic mass is 10.3. The highest BCUT2D eigenvalue weighted by Gasteiger charge is 2.09. The van der Waals surface area contributed by atoms with Crippen molar-refractivity contribution in [2.45, 2.75) is 6.54 Å². The van der Waals surface area contributed by atoms with Crippen molar-refractivity contribution in [1.29, 1.82) is 0 Å². The molecule has 0 saturated heterocycles. The molecule has 2 N–H and O–H groups in total. The molecule has 100 valence electrons. The second-order valence-corrected chi connectivity index (χ2v) is 5.23. The monoisotopic (exact) mass is 284 g/mol. The van der Waals surface area contributed by atoms with E-state index in [0.717, 1.165) is 16.0 Å². The van der Waals surface area contributed by atoms with Gasteiger partial charge in [0.15, 0.2) is 5.58 Å². The summed E-state index contributed by atoms with van der Waals surface area (Å²) in [4.78, 5) is 12.9. The first-order chi connectivity index (χ1) is 9.78. The maximum atomic E-state index is 11.9. The molecule has 0 spiro atoms. The molecule has 4 nitrogen and oxygen atoms in total. The SMILES string of the molecule is NCC#Cc1csc(Cn2c(=O)oc3ccccc32)c1. The van der Waals surface area contributed by atoms with E-state index in [1.54, 1.807) is 22.0 Å². The van der Waals surface area contributed by atoms with Gasteiger partial charge in [0.25, 0.3) is 0 Å². The van der Waals surface area contributed by atoms with Crippen LogP contribution >= 0.6 is 11.3 Å². The van der Waals surface area contributed by atoms with Crippen molar-refractivity contribution in [2.75, 3.05) is 6.54 Å². The Kier molecular flexibility index (Phi) is 3.42. The number of aromatic nitrogens is 1. The molecule has 0 bridgehead atoms. The average Bonchev–Trinajstić information content (AvgIpc) is 3.02. The fraction of sp³-hybridized carbons (Fsp3) is 0.133. The van der Waals surface area contributed by atoms with Crippen LogP contribution in [0, 0.1) is 11.8 Å². The zero-order chi connectivity index (χ0) is 13.9. The number of nitrogens with two attached hydrogens (primary N) is 1.